The van der Waals surface area contributed by atoms with Gasteiger partial charge in [-0.3, -0.25) is 0 Å². The van der Waals surface area contributed by atoms with Gasteiger partial charge in [0.15, 0.2) is 17.1 Å². The number of para-hydroxylation sites is 1. The summed E-state index contributed by atoms with van der Waals surface area (Å²) in [6.45, 7) is 0. The fourth-order valence-electron chi connectivity index (χ4n) is 2.32. The van der Waals surface area contributed by atoms with Crippen LogP contribution in [-0.2, 0) is 0 Å². The van der Waals surface area contributed by atoms with Gasteiger partial charge in [-0.15, -0.1) is 0 Å². The molecule has 0 saturated heterocycles. The van der Waals surface area contributed by atoms with Crippen LogP contribution in [0.5, 0.6) is 5.75 Å². The van der Waals surface area contributed by atoms with Crippen molar-refractivity contribution in [1.82, 2.24) is 0 Å². The van der Waals surface area contributed by atoms with Crippen LogP contribution in [0.1, 0.15) is 25.7 Å². The standard InChI is InChI=1S/C16H13FN4O/c17-13-6-3-7-14(16(13)22-12-4-1-2-5-12)21-15(10-20)11(8-18)9-19/h3,6-7,12,21H,1-2,4-5H2. The molecule has 0 aromatic heterocycles. The number of anilines is 1. The molecule has 110 valence electrons. The number of halogens is 1. The van der Waals surface area contributed by atoms with E-state index in [1.54, 1.807) is 18.2 Å². The number of rotatable bonds is 4. The molecule has 0 aliphatic heterocycles. The molecular weight excluding hydrogens is 283 g/mol. The number of allylic oxidation sites excluding steroid dienone is 2. The van der Waals surface area contributed by atoms with Crippen molar-refractivity contribution in [3.05, 3.63) is 35.3 Å². The molecule has 0 amide bonds. The molecule has 22 heavy (non-hydrogen) atoms. The van der Waals surface area contributed by atoms with E-state index >= 15 is 0 Å². The molecule has 0 unspecified atom stereocenters. The van der Waals surface area contributed by atoms with Crippen molar-refractivity contribution in [2.45, 2.75) is 31.8 Å². The lowest BCUT2D eigenvalue weighted by molar-refractivity contribution is 0.202. The van der Waals surface area contributed by atoms with E-state index in [-0.39, 0.29) is 28.8 Å². The van der Waals surface area contributed by atoms with Crippen LogP contribution in [0, 0.1) is 39.8 Å². The van der Waals surface area contributed by atoms with Crippen LogP contribution in [0.3, 0.4) is 0 Å². The normalized spacial score (nSPS) is 13.5. The lowest BCUT2D eigenvalue weighted by Crippen LogP contribution is -2.14. The highest BCUT2D eigenvalue weighted by Gasteiger charge is 2.21. The molecule has 1 fully saturated rings. The van der Waals surface area contributed by atoms with E-state index in [4.69, 9.17) is 20.5 Å². The molecule has 0 heterocycles. The summed E-state index contributed by atoms with van der Waals surface area (Å²) in [6, 6.07) is 9.26. The van der Waals surface area contributed by atoms with E-state index < -0.39 is 5.82 Å². The van der Waals surface area contributed by atoms with Crippen molar-refractivity contribution in [1.29, 1.82) is 15.8 Å². The van der Waals surface area contributed by atoms with Crippen LogP contribution in [0.15, 0.2) is 29.5 Å². The van der Waals surface area contributed by atoms with E-state index in [9.17, 15) is 4.39 Å². The van der Waals surface area contributed by atoms with E-state index in [2.05, 4.69) is 5.32 Å². The fourth-order valence-corrected chi connectivity index (χ4v) is 2.32. The van der Waals surface area contributed by atoms with E-state index in [1.165, 1.54) is 18.2 Å². The maximum absolute atomic E-state index is 14.0. The van der Waals surface area contributed by atoms with E-state index in [0.717, 1.165) is 25.7 Å². The lowest BCUT2D eigenvalue weighted by atomic mass is 10.2. The van der Waals surface area contributed by atoms with E-state index in [1.807, 2.05) is 0 Å². The summed E-state index contributed by atoms with van der Waals surface area (Å²) in [5.74, 6) is -0.540. The van der Waals surface area contributed by atoms with Gasteiger partial charge < -0.3 is 10.1 Å². The van der Waals surface area contributed by atoms with Crippen molar-refractivity contribution in [2.24, 2.45) is 0 Å². The zero-order valence-corrected chi connectivity index (χ0v) is 11.8. The summed E-state index contributed by atoms with van der Waals surface area (Å²) >= 11 is 0. The van der Waals surface area contributed by atoms with E-state index in [0.29, 0.717) is 0 Å². The summed E-state index contributed by atoms with van der Waals surface area (Å²) in [5.41, 5.74) is -0.364. The Morgan fingerprint density at radius 2 is 1.82 bits per heavy atom. The highest BCUT2D eigenvalue weighted by molar-refractivity contribution is 5.64. The van der Waals surface area contributed by atoms with Crippen molar-refractivity contribution >= 4 is 5.69 Å². The first-order valence-electron chi connectivity index (χ1n) is 6.86. The average molecular weight is 296 g/mol. The summed E-state index contributed by atoms with van der Waals surface area (Å²) in [6.07, 6.45) is 3.74. The number of hydrogen-bond acceptors (Lipinski definition) is 5. The second-order valence-electron chi connectivity index (χ2n) is 4.85. The smallest absolute Gasteiger partial charge is 0.178 e. The summed E-state index contributed by atoms with van der Waals surface area (Å²) in [4.78, 5) is 0. The molecule has 6 heteroatoms. The molecule has 0 spiro atoms. The molecule has 1 saturated carbocycles. The molecule has 2 rings (SSSR count). The quantitative estimate of drug-likeness (QED) is 0.860. The average Bonchev–Trinajstić information content (AvgIpc) is 3.03. The third-order valence-corrected chi connectivity index (χ3v) is 3.40. The van der Waals surface area contributed by atoms with Crippen molar-refractivity contribution in [2.75, 3.05) is 5.32 Å². The highest BCUT2D eigenvalue weighted by atomic mass is 19.1. The molecule has 1 aromatic rings. The minimum absolute atomic E-state index is 0.0115. The zero-order valence-electron chi connectivity index (χ0n) is 11.8. The third-order valence-electron chi connectivity index (χ3n) is 3.40. The molecule has 1 aliphatic carbocycles. The maximum atomic E-state index is 14.0. The van der Waals surface area contributed by atoms with Crippen LogP contribution < -0.4 is 10.1 Å². The number of nitrogens with one attached hydrogen (secondary N) is 1. The minimum atomic E-state index is -0.551. The Balaban J connectivity index is 2.33. The fraction of sp³-hybridized carbons (Fsp3) is 0.312. The minimum Gasteiger partial charge on any atom is -0.485 e. The predicted octanol–water partition coefficient (Wildman–Crippen LogP) is 3.38. The van der Waals surface area contributed by atoms with Gasteiger partial charge in [-0.25, -0.2) is 4.39 Å². The van der Waals surface area contributed by atoms with Gasteiger partial charge in [0, 0.05) is 0 Å². The van der Waals surface area contributed by atoms with Gasteiger partial charge >= 0.3 is 0 Å². The first-order valence-corrected chi connectivity index (χ1v) is 6.86. The maximum Gasteiger partial charge on any atom is 0.178 e. The zero-order chi connectivity index (χ0) is 15.9. The number of ether oxygens (including phenoxy) is 1. The Morgan fingerprint density at radius 3 is 2.41 bits per heavy atom. The molecule has 0 bridgehead atoms. The van der Waals surface area contributed by atoms with Crippen molar-refractivity contribution < 1.29 is 9.13 Å². The van der Waals surface area contributed by atoms with Crippen LogP contribution in [0.4, 0.5) is 10.1 Å². The molecule has 5 nitrogen and oxygen atoms in total. The topological polar surface area (TPSA) is 92.6 Å². The van der Waals surface area contributed by atoms with Crippen molar-refractivity contribution in [3.63, 3.8) is 0 Å². The summed E-state index contributed by atoms with van der Waals surface area (Å²) < 4.78 is 19.7. The van der Waals surface area contributed by atoms with Crippen LogP contribution in [0.2, 0.25) is 0 Å². The molecular formula is C16H13FN4O. The van der Waals surface area contributed by atoms with Crippen LogP contribution >= 0.6 is 0 Å². The number of hydrogen-bond donors (Lipinski definition) is 1. The Bertz CT molecular complexity index is 699. The van der Waals surface area contributed by atoms with Gasteiger partial charge in [-0.05, 0) is 37.8 Å². The van der Waals surface area contributed by atoms with Gasteiger partial charge in [0.25, 0.3) is 0 Å². The molecule has 1 aromatic carbocycles. The molecule has 1 N–H and O–H groups in total. The molecule has 1 aliphatic rings. The molecule has 0 atom stereocenters. The lowest BCUT2D eigenvalue weighted by Gasteiger charge is -2.17. The highest BCUT2D eigenvalue weighted by Crippen LogP contribution is 2.33. The predicted molar refractivity (Wildman–Crippen MR) is 76.8 cm³/mol. The van der Waals surface area contributed by atoms with Gasteiger partial charge in [0.05, 0.1) is 11.8 Å². The molecule has 0 radical (unpaired) electrons. The second kappa shape index (κ2) is 7.11. The number of nitriles is 3. The van der Waals surface area contributed by atoms with Gasteiger partial charge in [0.2, 0.25) is 0 Å². The second-order valence-corrected chi connectivity index (χ2v) is 4.85. The first kappa shape index (κ1) is 15.4. The Kier molecular flexibility index (Phi) is 4.96. The Morgan fingerprint density at radius 1 is 1.14 bits per heavy atom. The number of benzene rings is 1. The van der Waals surface area contributed by atoms with Crippen molar-refractivity contribution in [3.8, 4) is 24.0 Å². The monoisotopic (exact) mass is 296 g/mol. The largest absolute Gasteiger partial charge is 0.485 e. The van der Waals surface area contributed by atoms with Gasteiger partial charge in [-0.1, -0.05) is 6.07 Å². The number of nitrogens with zero attached hydrogens (tertiary/aromatic N) is 3. The van der Waals surface area contributed by atoms with Crippen LogP contribution in [-0.4, -0.2) is 6.10 Å². The Hall–Kier alpha value is -3.04. The first-order chi connectivity index (χ1) is 10.7. The summed E-state index contributed by atoms with van der Waals surface area (Å²) in [5, 5.41) is 29.3. The Labute approximate surface area is 127 Å². The summed E-state index contributed by atoms with van der Waals surface area (Å²) in [7, 11) is 0. The van der Waals surface area contributed by atoms with Gasteiger partial charge in [-0.2, -0.15) is 15.8 Å². The van der Waals surface area contributed by atoms with Crippen LogP contribution in [0.25, 0.3) is 0 Å². The van der Waals surface area contributed by atoms with Gasteiger partial charge in [0.1, 0.15) is 23.9 Å². The SMILES string of the molecule is N#CC(C#N)=C(C#N)Nc1cccc(F)c1OC1CCCC1. The third kappa shape index (κ3) is 3.34.